The first-order valence-corrected chi connectivity index (χ1v) is 8.33. The lowest BCUT2D eigenvalue weighted by Gasteiger charge is -2.47. The third-order valence-corrected chi connectivity index (χ3v) is 4.83. The van der Waals surface area contributed by atoms with Crippen LogP contribution < -0.4 is 0 Å². The lowest BCUT2D eigenvalue weighted by molar-refractivity contribution is -0.157. The van der Waals surface area contributed by atoms with Crippen molar-refractivity contribution in [2.24, 2.45) is 17.3 Å². The van der Waals surface area contributed by atoms with Gasteiger partial charge >= 0.3 is 5.97 Å². The number of Topliss-reactive ketones (excluding diaryl/α,β-unsaturated/α-hetero) is 1. The second kappa shape index (κ2) is 7.47. The molecule has 4 atom stereocenters. The van der Waals surface area contributed by atoms with E-state index >= 15 is 0 Å². The highest BCUT2D eigenvalue weighted by molar-refractivity contribution is 5.84. The van der Waals surface area contributed by atoms with Crippen molar-refractivity contribution in [2.45, 2.75) is 59.2 Å². The van der Waals surface area contributed by atoms with Crippen LogP contribution in [-0.2, 0) is 14.3 Å². The van der Waals surface area contributed by atoms with Crippen molar-refractivity contribution < 1.29 is 19.4 Å². The second-order valence-corrected chi connectivity index (χ2v) is 7.68. The molecule has 0 aromatic heterocycles. The van der Waals surface area contributed by atoms with Crippen LogP contribution in [0.25, 0.3) is 0 Å². The molecule has 24 heavy (non-hydrogen) atoms. The Hall–Kier alpha value is -1.68. The molecule has 0 bridgehead atoms. The first kappa shape index (κ1) is 20.4. The molecule has 134 valence electrons. The van der Waals surface area contributed by atoms with Crippen LogP contribution in [-0.4, -0.2) is 28.6 Å². The van der Waals surface area contributed by atoms with E-state index < -0.39 is 17.7 Å². The molecule has 0 unspecified atom stereocenters. The van der Waals surface area contributed by atoms with Crippen molar-refractivity contribution in [3.8, 4) is 0 Å². The predicted molar refractivity (Wildman–Crippen MR) is 95.3 cm³/mol. The van der Waals surface area contributed by atoms with Crippen molar-refractivity contribution in [3.63, 3.8) is 0 Å². The number of ketones is 1. The number of hydrogen-bond acceptors (Lipinski definition) is 4. The van der Waals surface area contributed by atoms with Crippen LogP contribution in [0.3, 0.4) is 0 Å². The Kier molecular flexibility index (Phi) is 6.34. The first-order chi connectivity index (χ1) is 10.9. The molecule has 1 rings (SSSR count). The zero-order valence-electron chi connectivity index (χ0n) is 15.5. The summed E-state index contributed by atoms with van der Waals surface area (Å²) < 4.78 is 5.67. The number of rotatable bonds is 6. The number of ether oxygens (including phenoxy) is 1. The van der Waals surface area contributed by atoms with Crippen molar-refractivity contribution in [2.75, 3.05) is 0 Å². The van der Waals surface area contributed by atoms with E-state index in [1.54, 1.807) is 13.8 Å². The number of hydrogen-bond donors (Lipinski definition) is 1. The maximum Gasteiger partial charge on any atom is 0.330 e. The molecular formula is C20H30O4. The molecule has 0 aromatic rings. The molecule has 1 fully saturated rings. The molecule has 0 aromatic carbocycles. The zero-order valence-corrected chi connectivity index (χ0v) is 15.5. The summed E-state index contributed by atoms with van der Waals surface area (Å²) in [6.45, 7) is 16.6. The molecule has 0 aliphatic heterocycles. The average Bonchev–Trinajstić information content (AvgIpc) is 2.43. The Morgan fingerprint density at radius 3 is 2.33 bits per heavy atom. The number of carbonyl (C=O) groups is 2. The van der Waals surface area contributed by atoms with Gasteiger partial charge in [0, 0.05) is 12.0 Å². The Morgan fingerprint density at radius 1 is 1.33 bits per heavy atom. The summed E-state index contributed by atoms with van der Waals surface area (Å²) in [6.07, 6.45) is 5.34. The second-order valence-electron chi connectivity index (χ2n) is 7.68. The van der Waals surface area contributed by atoms with E-state index in [0.717, 1.165) is 12.0 Å². The van der Waals surface area contributed by atoms with Gasteiger partial charge < -0.3 is 9.84 Å². The summed E-state index contributed by atoms with van der Waals surface area (Å²) >= 11 is 0. The van der Waals surface area contributed by atoms with Crippen LogP contribution in [0.1, 0.15) is 47.5 Å². The molecule has 1 aliphatic rings. The summed E-state index contributed by atoms with van der Waals surface area (Å²) in [5.74, 6) is -1.07. The topological polar surface area (TPSA) is 63.6 Å². The van der Waals surface area contributed by atoms with Crippen LogP contribution in [0.2, 0.25) is 0 Å². The van der Waals surface area contributed by atoms with E-state index in [1.165, 1.54) is 19.1 Å². The zero-order chi connectivity index (χ0) is 18.7. The van der Waals surface area contributed by atoms with Crippen molar-refractivity contribution in [1.29, 1.82) is 0 Å². The fraction of sp³-hybridized carbons (Fsp3) is 0.600. The smallest absolute Gasteiger partial charge is 0.330 e. The summed E-state index contributed by atoms with van der Waals surface area (Å²) in [5, 5.41) is 9.70. The summed E-state index contributed by atoms with van der Waals surface area (Å²) in [4.78, 5) is 24.3. The fourth-order valence-corrected chi connectivity index (χ4v) is 3.50. The molecular weight excluding hydrogens is 304 g/mol. The van der Waals surface area contributed by atoms with Gasteiger partial charge in [0.2, 0.25) is 0 Å². The molecule has 1 saturated carbocycles. The van der Waals surface area contributed by atoms with Gasteiger partial charge in [0.25, 0.3) is 0 Å². The van der Waals surface area contributed by atoms with Gasteiger partial charge in [0.1, 0.15) is 11.9 Å². The van der Waals surface area contributed by atoms with Gasteiger partial charge in [-0.3, -0.25) is 4.79 Å². The molecule has 0 radical (unpaired) electrons. The SMILES string of the molecule is C=C[C@]1(C)CC[C@H](C(C)=O)[C@H](OC(=O)/C=C/C(C)(C)O)[C@H]1C(=C)C. The highest BCUT2D eigenvalue weighted by Crippen LogP contribution is 2.48. The van der Waals surface area contributed by atoms with E-state index in [9.17, 15) is 14.7 Å². The number of esters is 1. The molecule has 0 heterocycles. The number of aliphatic hydroxyl groups is 1. The maximum absolute atomic E-state index is 12.2. The fourth-order valence-electron chi connectivity index (χ4n) is 3.50. The van der Waals surface area contributed by atoms with E-state index in [1.807, 2.05) is 13.0 Å². The minimum Gasteiger partial charge on any atom is -0.458 e. The lowest BCUT2D eigenvalue weighted by Crippen LogP contribution is -2.49. The Bertz CT molecular complexity index is 552. The number of carbonyl (C=O) groups excluding carboxylic acids is 2. The number of allylic oxidation sites excluding steroid dienone is 1. The lowest BCUT2D eigenvalue weighted by atomic mass is 9.60. The third kappa shape index (κ3) is 4.91. The molecule has 0 spiro atoms. The van der Waals surface area contributed by atoms with E-state index in [2.05, 4.69) is 20.1 Å². The monoisotopic (exact) mass is 334 g/mol. The molecule has 0 amide bonds. The van der Waals surface area contributed by atoms with Crippen molar-refractivity contribution in [3.05, 3.63) is 37.0 Å². The minimum atomic E-state index is -1.10. The van der Waals surface area contributed by atoms with Crippen LogP contribution >= 0.6 is 0 Å². The van der Waals surface area contributed by atoms with Gasteiger partial charge in [-0.05, 0) is 52.0 Å². The molecule has 0 saturated heterocycles. The molecule has 4 heteroatoms. The Labute approximate surface area is 145 Å². The van der Waals surface area contributed by atoms with Crippen LogP contribution in [0.4, 0.5) is 0 Å². The van der Waals surface area contributed by atoms with Crippen molar-refractivity contribution >= 4 is 11.8 Å². The normalized spacial score (nSPS) is 30.8. The van der Waals surface area contributed by atoms with Crippen LogP contribution in [0.15, 0.2) is 37.0 Å². The van der Waals surface area contributed by atoms with Gasteiger partial charge in [0.05, 0.1) is 11.5 Å². The van der Waals surface area contributed by atoms with E-state index in [-0.39, 0.29) is 23.0 Å². The standard InChI is InChI=1S/C20H30O4/c1-8-20(7)12-9-15(14(4)21)18(17(20)13(2)3)24-16(22)10-11-19(5,6)23/h8,10-11,15,17-18,23H,1-2,9,12H2,3-7H3/b11-10+/t15-,17-,18+,20-/m1/s1. The van der Waals surface area contributed by atoms with Gasteiger partial charge in [-0.2, -0.15) is 0 Å². The maximum atomic E-state index is 12.2. The van der Waals surface area contributed by atoms with Gasteiger partial charge in [-0.1, -0.05) is 25.2 Å². The summed E-state index contributed by atoms with van der Waals surface area (Å²) in [7, 11) is 0. The highest BCUT2D eigenvalue weighted by Gasteiger charge is 2.48. The third-order valence-electron chi connectivity index (χ3n) is 4.83. The average molecular weight is 334 g/mol. The molecule has 1 N–H and O–H groups in total. The van der Waals surface area contributed by atoms with Gasteiger partial charge in [-0.25, -0.2) is 4.79 Å². The van der Waals surface area contributed by atoms with Crippen LogP contribution in [0, 0.1) is 17.3 Å². The summed E-state index contributed by atoms with van der Waals surface area (Å²) in [5.41, 5.74) is -0.509. The van der Waals surface area contributed by atoms with Crippen molar-refractivity contribution in [1.82, 2.24) is 0 Å². The Morgan fingerprint density at radius 2 is 1.92 bits per heavy atom. The highest BCUT2D eigenvalue weighted by atomic mass is 16.5. The van der Waals surface area contributed by atoms with Gasteiger partial charge in [-0.15, -0.1) is 6.58 Å². The first-order valence-electron chi connectivity index (χ1n) is 8.33. The molecule has 1 aliphatic carbocycles. The largest absolute Gasteiger partial charge is 0.458 e. The van der Waals surface area contributed by atoms with E-state index in [4.69, 9.17) is 4.74 Å². The quantitative estimate of drug-likeness (QED) is 0.458. The van der Waals surface area contributed by atoms with Gasteiger partial charge in [0.15, 0.2) is 0 Å². The Balaban J connectivity index is 3.15. The predicted octanol–water partition coefficient (Wildman–Crippen LogP) is 3.61. The minimum absolute atomic E-state index is 0.0108. The summed E-state index contributed by atoms with van der Waals surface area (Å²) in [6, 6.07) is 0. The van der Waals surface area contributed by atoms with Crippen LogP contribution in [0.5, 0.6) is 0 Å². The molecule has 4 nitrogen and oxygen atoms in total. The van der Waals surface area contributed by atoms with E-state index in [0.29, 0.717) is 6.42 Å².